The Bertz CT molecular complexity index is 732. The summed E-state index contributed by atoms with van der Waals surface area (Å²) in [7, 11) is 0. The molecule has 2 bridgehead atoms. The summed E-state index contributed by atoms with van der Waals surface area (Å²) in [6, 6.07) is 9.26. The molecule has 3 nitrogen and oxygen atoms in total. The maximum atomic E-state index is 6.47. The number of hydrogen-bond donors (Lipinski definition) is 3. The minimum Gasteiger partial charge on any atom is -0.361 e. The molecule has 2 aliphatic rings. The van der Waals surface area contributed by atoms with Crippen LogP contribution in [0.15, 0.2) is 30.5 Å². The fourth-order valence-electron chi connectivity index (χ4n) is 5.46. The molecule has 1 unspecified atom stereocenters. The molecule has 3 heteroatoms. The molecule has 1 heterocycles. The van der Waals surface area contributed by atoms with E-state index < -0.39 is 0 Å². The summed E-state index contributed by atoms with van der Waals surface area (Å²) >= 11 is 0. The predicted molar refractivity (Wildman–Crippen MR) is 101 cm³/mol. The van der Waals surface area contributed by atoms with Crippen LogP contribution in [0.25, 0.3) is 10.9 Å². The Morgan fingerprint density at radius 2 is 2.08 bits per heavy atom. The fourth-order valence-corrected chi connectivity index (χ4v) is 5.46. The van der Waals surface area contributed by atoms with Gasteiger partial charge in [-0.25, -0.2) is 0 Å². The first-order chi connectivity index (χ1) is 11.4. The molecule has 2 aromatic rings. The average molecular weight is 326 g/mol. The number of H-pyrrole nitrogens is 1. The van der Waals surface area contributed by atoms with Crippen molar-refractivity contribution in [3.05, 3.63) is 36.0 Å². The van der Waals surface area contributed by atoms with Gasteiger partial charge in [-0.1, -0.05) is 39.0 Å². The standard InChI is InChI=1S/C21H31N3/c1-20(2)15-8-9-21(20,3)19(11-15)24-13-16(22)10-14-12-23-18-7-5-4-6-17(14)18/h4-7,12,15-16,19,23-24H,8-11,13,22H2,1-3H3/t15-,16+,19?,21+/m1/s1. The van der Waals surface area contributed by atoms with E-state index in [9.17, 15) is 0 Å². The summed E-state index contributed by atoms with van der Waals surface area (Å²) in [5.74, 6) is 0.879. The molecule has 1 aromatic heterocycles. The van der Waals surface area contributed by atoms with Crippen LogP contribution in [0.4, 0.5) is 0 Å². The molecule has 0 aliphatic heterocycles. The second-order valence-corrected chi connectivity index (χ2v) is 8.89. The number of fused-ring (bicyclic) bond motifs is 3. The van der Waals surface area contributed by atoms with E-state index in [0.717, 1.165) is 18.9 Å². The van der Waals surface area contributed by atoms with Crippen LogP contribution < -0.4 is 11.1 Å². The van der Waals surface area contributed by atoms with Gasteiger partial charge in [-0.15, -0.1) is 0 Å². The quantitative estimate of drug-likeness (QED) is 0.782. The lowest BCUT2D eigenvalue weighted by atomic mass is 9.69. The third-order valence-corrected chi connectivity index (χ3v) is 7.58. The van der Waals surface area contributed by atoms with E-state index in [4.69, 9.17) is 5.73 Å². The molecule has 0 radical (unpaired) electrons. The Kier molecular flexibility index (Phi) is 3.77. The topological polar surface area (TPSA) is 53.8 Å². The van der Waals surface area contributed by atoms with Crippen LogP contribution >= 0.6 is 0 Å². The first-order valence-electron chi connectivity index (χ1n) is 9.46. The van der Waals surface area contributed by atoms with Gasteiger partial charge in [0.1, 0.15) is 0 Å². The molecule has 4 rings (SSSR count). The van der Waals surface area contributed by atoms with Gasteiger partial charge in [0.25, 0.3) is 0 Å². The number of nitrogens with one attached hydrogen (secondary N) is 2. The van der Waals surface area contributed by atoms with Gasteiger partial charge in [0, 0.05) is 35.7 Å². The number of aromatic nitrogens is 1. The van der Waals surface area contributed by atoms with Crippen molar-refractivity contribution in [3.63, 3.8) is 0 Å². The maximum absolute atomic E-state index is 6.47. The number of hydrogen-bond acceptors (Lipinski definition) is 2. The molecular weight excluding hydrogens is 294 g/mol. The van der Waals surface area contributed by atoms with E-state index in [-0.39, 0.29) is 6.04 Å². The van der Waals surface area contributed by atoms with Crippen molar-refractivity contribution in [1.29, 1.82) is 0 Å². The number of benzene rings is 1. The molecule has 130 valence electrons. The first-order valence-corrected chi connectivity index (χ1v) is 9.46. The van der Waals surface area contributed by atoms with Crippen molar-refractivity contribution in [2.24, 2.45) is 22.5 Å². The van der Waals surface area contributed by atoms with Gasteiger partial charge < -0.3 is 16.0 Å². The summed E-state index contributed by atoms with van der Waals surface area (Å²) in [6.07, 6.45) is 7.13. The fraction of sp³-hybridized carbons (Fsp3) is 0.619. The molecule has 4 N–H and O–H groups in total. The Labute approximate surface area is 145 Å². The maximum Gasteiger partial charge on any atom is 0.0456 e. The van der Waals surface area contributed by atoms with Crippen LogP contribution in [0, 0.1) is 16.7 Å². The van der Waals surface area contributed by atoms with E-state index in [1.807, 2.05) is 0 Å². The second-order valence-electron chi connectivity index (χ2n) is 8.89. The normalized spacial score (nSPS) is 32.5. The molecular formula is C21H31N3. The molecule has 0 spiro atoms. The summed E-state index contributed by atoms with van der Waals surface area (Å²) in [5, 5.41) is 5.14. The zero-order valence-electron chi connectivity index (χ0n) is 15.2. The van der Waals surface area contributed by atoms with Crippen molar-refractivity contribution in [2.45, 2.75) is 58.5 Å². The highest BCUT2D eigenvalue weighted by Crippen LogP contribution is 2.65. The zero-order valence-corrected chi connectivity index (χ0v) is 15.2. The van der Waals surface area contributed by atoms with Crippen molar-refractivity contribution < 1.29 is 0 Å². The molecule has 2 fully saturated rings. The lowest BCUT2D eigenvalue weighted by Gasteiger charge is -2.40. The average Bonchev–Trinajstić information content (AvgIpc) is 3.12. The van der Waals surface area contributed by atoms with Crippen LogP contribution in [0.1, 0.15) is 45.6 Å². The monoisotopic (exact) mass is 325 g/mol. The second kappa shape index (κ2) is 5.60. The molecule has 4 atom stereocenters. The van der Waals surface area contributed by atoms with Crippen LogP contribution in [-0.4, -0.2) is 23.6 Å². The molecule has 1 aromatic carbocycles. The Morgan fingerprint density at radius 3 is 2.79 bits per heavy atom. The highest BCUT2D eigenvalue weighted by atomic mass is 15.0. The Hall–Kier alpha value is -1.32. The summed E-state index contributed by atoms with van der Waals surface area (Å²) < 4.78 is 0. The van der Waals surface area contributed by atoms with Crippen molar-refractivity contribution in [3.8, 4) is 0 Å². The highest BCUT2D eigenvalue weighted by Gasteiger charge is 2.60. The van der Waals surface area contributed by atoms with Crippen molar-refractivity contribution in [2.75, 3.05) is 6.54 Å². The predicted octanol–water partition coefficient (Wildman–Crippen LogP) is 3.84. The van der Waals surface area contributed by atoms with E-state index in [2.05, 4.69) is 61.5 Å². The lowest BCUT2D eigenvalue weighted by Crippen LogP contribution is -2.48. The number of aromatic amines is 1. The highest BCUT2D eigenvalue weighted by molar-refractivity contribution is 5.83. The number of nitrogens with two attached hydrogens (primary N) is 1. The number of para-hydroxylation sites is 1. The van der Waals surface area contributed by atoms with Crippen LogP contribution in [-0.2, 0) is 6.42 Å². The first kappa shape index (κ1) is 16.2. The third kappa shape index (κ3) is 2.33. The summed E-state index contributed by atoms with van der Waals surface area (Å²) in [6.45, 7) is 8.34. The minimum atomic E-state index is 0.162. The van der Waals surface area contributed by atoms with E-state index in [0.29, 0.717) is 16.9 Å². The van der Waals surface area contributed by atoms with Gasteiger partial charge in [0.05, 0.1) is 0 Å². The van der Waals surface area contributed by atoms with E-state index in [1.165, 1.54) is 35.7 Å². The largest absolute Gasteiger partial charge is 0.361 e. The van der Waals surface area contributed by atoms with Crippen LogP contribution in [0.5, 0.6) is 0 Å². The van der Waals surface area contributed by atoms with Gasteiger partial charge in [0.15, 0.2) is 0 Å². The lowest BCUT2D eigenvalue weighted by molar-refractivity contribution is 0.120. The van der Waals surface area contributed by atoms with E-state index in [1.54, 1.807) is 0 Å². The Morgan fingerprint density at radius 1 is 1.29 bits per heavy atom. The van der Waals surface area contributed by atoms with Gasteiger partial charge in [0.2, 0.25) is 0 Å². The van der Waals surface area contributed by atoms with Crippen LogP contribution in [0.2, 0.25) is 0 Å². The molecule has 24 heavy (non-hydrogen) atoms. The van der Waals surface area contributed by atoms with Gasteiger partial charge in [-0.3, -0.25) is 0 Å². The molecule has 2 aliphatic carbocycles. The summed E-state index contributed by atoms with van der Waals surface area (Å²) in [5.41, 5.74) is 9.90. The van der Waals surface area contributed by atoms with Gasteiger partial charge in [-0.05, 0) is 54.1 Å². The minimum absolute atomic E-state index is 0.162. The smallest absolute Gasteiger partial charge is 0.0456 e. The van der Waals surface area contributed by atoms with Crippen LogP contribution in [0.3, 0.4) is 0 Å². The zero-order chi connectivity index (χ0) is 16.9. The Balaban J connectivity index is 1.39. The summed E-state index contributed by atoms with van der Waals surface area (Å²) in [4.78, 5) is 3.35. The molecule has 0 amide bonds. The third-order valence-electron chi connectivity index (χ3n) is 7.58. The van der Waals surface area contributed by atoms with Crippen molar-refractivity contribution in [1.82, 2.24) is 10.3 Å². The van der Waals surface area contributed by atoms with Gasteiger partial charge in [-0.2, -0.15) is 0 Å². The van der Waals surface area contributed by atoms with Gasteiger partial charge >= 0.3 is 0 Å². The van der Waals surface area contributed by atoms with E-state index >= 15 is 0 Å². The SMILES string of the molecule is CC1(C)[C@@H]2CC[C@@]1(C)C(NC[C@@H](N)Cc1c[nH]c3ccccc13)C2. The molecule has 2 saturated carbocycles. The van der Waals surface area contributed by atoms with Crippen molar-refractivity contribution >= 4 is 10.9 Å². The number of rotatable bonds is 5. The molecule has 0 saturated heterocycles.